The van der Waals surface area contributed by atoms with Gasteiger partial charge >= 0.3 is 0 Å². The molecule has 0 bridgehead atoms. The highest BCUT2D eigenvalue weighted by Gasteiger charge is 2.37. The van der Waals surface area contributed by atoms with Crippen molar-refractivity contribution in [3.8, 4) is 0 Å². The van der Waals surface area contributed by atoms with E-state index in [0.717, 1.165) is 24.2 Å². The van der Waals surface area contributed by atoms with Gasteiger partial charge in [-0.3, -0.25) is 0 Å². The molecule has 0 unspecified atom stereocenters. The largest absolute Gasteiger partial charge is 0.331 e. The Morgan fingerprint density at radius 1 is 1.41 bits per heavy atom. The Morgan fingerprint density at radius 2 is 2.18 bits per heavy atom. The number of aromatic nitrogens is 2. The lowest BCUT2D eigenvalue weighted by atomic mass is 10.0. The maximum Gasteiger partial charge on any atom is 0.106 e. The highest BCUT2D eigenvalue weighted by atomic mass is 15.0. The van der Waals surface area contributed by atoms with E-state index in [2.05, 4.69) is 34.8 Å². The molecule has 1 aliphatic rings. The molecule has 17 heavy (non-hydrogen) atoms. The second-order valence-corrected chi connectivity index (χ2v) is 5.40. The van der Waals surface area contributed by atoms with Crippen molar-refractivity contribution in [2.24, 2.45) is 12.8 Å². The monoisotopic (exact) mass is 229 g/mol. The second-order valence-electron chi connectivity index (χ2n) is 5.40. The summed E-state index contributed by atoms with van der Waals surface area (Å²) in [4.78, 5) is 4.57. The molecule has 0 atom stereocenters. The van der Waals surface area contributed by atoms with Crippen LogP contribution < -0.4 is 5.73 Å². The molecule has 2 aromatic rings. The zero-order valence-electron chi connectivity index (χ0n) is 10.5. The van der Waals surface area contributed by atoms with Crippen molar-refractivity contribution in [2.75, 3.05) is 0 Å². The molecule has 1 aliphatic carbocycles. The Morgan fingerprint density at radius 3 is 2.88 bits per heavy atom. The lowest BCUT2D eigenvalue weighted by Crippen LogP contribution is -2.22. The average Bonchev–Trinajstić information content (AvgIpc) is 2.98. The first-order chi connectivity index (χ1) is 8.07. The second kappa shape index (κ2) is 3.57. The smallest absolute Gasteiger partial charge is 0.106 e. The lowest BCUT2D eigenvalue weighted by molar-refractivity contribution is 0.609. The third-order valence-electron chi connectivity index (χ3n) is 3.97. The Bertz CT molecular complexity index is 564. The fraction of sp³-hybridized carbons (Fsp3) is 0.500. The Kier molecular flexibility index (Phi) is 2.26. The summed E-state index contributed by atoms with van der Waals surface area (Å²) in [5, 5.41) is 0. The van der Waals surface area contributed by atoms with Crippen molar-refractivity contribution in [1.82, 2.24) is 9.55 Å². The molecule has 0 aliphatic heterocycles. The first-order valence-corrected chi connectivity index (χ1v) is 6.28. The third-order valence-corrected chi connectivity index (χ3v) is 3.97. The van der Waals surface area contributed by atoms with E-state index in [1.54, 1.807) is 0 Å². The van der Waals surface area contributed by atoms with Crippen molar-refractivity contribution in [1.29, 1.82) is 0 Å². The summed E-state index contributed by atoms with van der Waals surface area (Å²) < 4.78 is 2.13. The quantitative estimate of drug-likeness (QED) is 0.877. The van der Waals surface area contributed by atoms with E-state index < -0.39 is 0 Å². The summed E-state index contributed by atoms with van der Waals surface area (Å²) in [6.45, 7) is 2.04. The van der Waals surface area contributed by atoms with E-state index in [9.17, 15) is 0 Å². The van der Waals surface area contributed by atoms with Crippen LogP contribution in [0.15, 0.2) is 18.2 Å². The van der Waals surface area contributed by atoms with E-state index >= 15 is 0 Å². The van der Waals surface area contributed by atoms with Gasteiger partial charge in [0.05, 0.1) is 11.0 Å². The van der Waals surface area contributed by atoms with E-state index in [1.807, 2.05) is 6.92 Å². The zero-order chi connectivity index (χ0) is 12.0. The molecule has 0 saturated heterocycles. The van der Waals surface area contributed by atoms with Crippen LogP contribution in [0.5, 0.6) is 0 Å². The maximum absolute atomic E-state index is 6.12. The van der Waals surface area contributed by atoms with Gasteiger partial charge in [0.1, 0.15) is 5.82 Å². The van der Waals surface area contributed by atoms with Crippen molar-refractivity contribution in [3.05, 3.63) is 29.6 Å². The molecule has 1 fully saturated rings. The molecule has 3 rings (SSSR count). The Labute approximate surface area is 102 Å². The van der Waals surface area contributed by atoms with Crippen LogP contribution in [0.2, 0.25) is 0 Å². The summed E-state index contributed by atoms with van der Waals surface area (Å²) in [7, 11) is 2.06. The van der Waals surface area contributed by atoms with Crippen molar-refractivity contribution in [3.63, 3.8) is 0 Å². The molecule has 3 nitrogen and oxygen atoms in total. The number of benzene rings is 1. The molecule has 90 valence electrons. The minimum absolute atomic E-state index is 0.148. The molecule has 1 aromatic heterocycles. The highest BCUT2D eigenvalue weighted by molar-refractivity contribution is 5.76. The number of aryl methyl sites for hydroxylation is 3. The molecule has 3 heteroatoms. The fourth-order valence-electron chi connectivity index (χ4n) is 2.33. The van der Waals surface area contributed by atoms with Crippen LogP contribution in [0.4, 0.5) is 0 Å². The third kappa shape index (κ3) is 1.95. The van der Waals surface area contributed by atoms with Crippen LogP contribution in [-0.4, -0.2) is 15.1 Å². The van der Waals surface area contributed by atoms with Gasteiger partial charge in [-0.25, -0.2) is 4.98 Å². The van der Waals surface area contributed by atoms with E-state index in [0.29, 0.717) is 0 Å². The topological polar surface area (TPSA) is 43.8 Å². The van der Waals surface area contributed by atoms with E-state index in [1.165, 1.54) is 23.9 Å². The summed E-state index contributed by atoms with van der Waals surface area (Å²) in [6.07, 6.45) is 4.56. The number of imidazole rings is 1. The normalized spacial score (nSPS) is 17.6. The maximum atomic E-state index is 6.12. The Hall–Kier alpha value is -1.35. The average molecular weight is 229 g/mol. The van der Waals surface area contributed by atoms with Crippen LogP contribution in [-0.2, 0) is 13.5 Å². The van der Waals surface area contributed by atoms with E-state index in [4.69, 9.17) is 5.73 Å². The summed E-state index contributed by atoms with van der Waals surface area (Å²) in [5.74, 6) is 1.06. The van der Waals surface area contributed by atoms with Gasteiger partial charge < -0.3 is 10.3 Å². The van der Waals surface area contributed by atoms with Crippen molar-refractivity contribution < 1.29 is 0 Å². The molecule has 2 N–H and O–H groups in total. The van der Waals surface area contributed by atoms with Crippen LogP contribution in [0.3, 0.4) is 0 Å². The van der Waals surface area contributed by atoms with Gasteiger partial charge in [0.2, 0.25) is 0 Å². The summed E-state index contributed by atoms with van der Waals surface area (Å²) in [6, 6.07) is 6.57. The molecular weight excluding hydrogens is 210 g/mol. The first kappa shape index (κ1) is 10.8. The van der Waals surface area contributed by atoms with Gasteiger partial charge in [0.25, 0.3) is 0 Å². The van der Waals surface area contributed by atoms with Crippen LogP contribution in [0.1, 0.15) is 30.7 Å². The van der Waals surface area contributed by atoms with Gasteiger partial charge in [-0.2, -0.15) is 0 Å². The van der Waals surface area contributed by atoms with Gasteiger partial charge in [-0.05, 0) is 50.3 Å². The number of hydrogen-bond acceptors (Lipinski definition) is 2. The number of rotatable bonds is 3. The molecule has 1 heterocycles. The lowest BCUT2D eigenvalue weighted by Gasteiger charge is -2.07. The number of nitrogens with zero attached hydrogens (tertiary/aromatic N) is 2. The summed E-state index contributed by atoms with van der Waals surface area (Å²) in [5.41, 5.74) is 9.93. The van der Waals surface area contributed by atoms with E-state index in [-0.39, 0.29) is 5.54 Å². The Balaban J connectivity index is 1.86. The molecule has 1 aromatic carbocycles. The molecule has 0 radical (unpaired) electrons. The minimum atomic E-state index is 0.148. The van der Waals surface area contributed by atoms with Crippen molar-refractivity contribution >= 4 is 11.0 Å². The molecule has 0 amide bonds. The van der Waals surface area contributed by atoms with Crippen LogP contribution >= 0.6 is 0 Å². The summed E-state index contributed by atoms with van der Waals surface area (Å²) >= 11 is 0. The van der Waals surface area contributed by atoms with Gasteiger partial charge in [0, 0.05) is 12.6 Å². The molecule has 0 spiro atoms. The minimum Gasteiger partial charge on any atom is -0.331 e. The highest BCUT2D eigenvalue weighted by Crippen LogP contribution is 2.36. The predicted octanol–water partition coefficient (Wildman–Crippen LogP) is 2.31. The van der Waals surface area contributed by atoms with Crippen LogP contribution in [0, 0.1) is 6.92 Å². The predicted molar refractivity (Wildman–Crippen MR) is 69.9 cm³/mol. The number of nitrogens with two attached hydrogens (primary N) is 1. The number of hydrogen-bond donors (Lipinski definition) is 1. The van der Waals surface area contributed by atoms with Crippen LogP contribution in [0.25, 0.3) is 11.0 Å². The standard InChI is InChI=1S/C14H19N3/c1-10-16-12-9-11(3-4-13(12)17(10)2)5-6-14(15)7-8-14/h3-4,9H,5-8,15H2,1-2H3. The SMILES string of the molecule is Cc1nc2cc(CCC3(N)CC3)ccc2n1C. The fourth-order valence-corrected chi connectivity index (χ4v) is 2.33. The van der Waals surface area contributed by atoms with Gasteiger partial charge in [-0.15, -0.1) is 0 Å². The van der Waals surface area contributed by atoms with Gasteiger partial charge in [0.15, 0.2) is 0 Å². The molecule has 1 saturated carbocycles. The van der Waals surface area contributed by atoms with Crippen molar-refractivity contribution in [2.45, 2.75) is 38.1 Å². The zero-order valence-corrected chi connectivity index (χ0v) is 10.5. The number of fused-ring (bicyclic) bond motifs is 1. The molecular formula is C14H19N3. The van der Waals surface area contributed by atoms with Gasteiger partial charge in [-0.1, -0.05) is 6.07 Å². The first-order valence-electron chi connectivity index (χ1n) is 6.28.